The van der Waals surface area contributed by atoms with Crippen LogP contribution in [0.4, 0.5) is 17.5 Å². The van der Waals surface area contributed by atoms with Crippen LogP contribution in [-0.2, 0) is 6.54 Å². The van der Waals surface area contributed by atoms with E-state index in [2.05, 4.69) is 51.8 Å². The molecule has 3 aromatic rings. The van der Waals surface area contributed by atoms with Gasteiger partial charge in [0, 0.05) is 24.0 Å². The predicted octanol–water partition coefficient (Wildman–Crippen LogP) is 4.85. The molecule has 26 heavy (non-hydrogen) atoms. The van der Waals surface area contributed by atoms with Crippen LogP contribution in [0.1, 0.15) is 23.7 Å². The number of nitrogens with one attached hydrogen (secondary N) is 2. The van der Waals surface area contributed by atoms with Gasteiger partial charge in [0.25, 0.3) is 0 Å². The standard InChI is InChI=1S/C21H24N4O/c1-4-26-19-11-9-18(10-12-19)24-20-13-16(3)23-21(25-20)22-14-17-7-5-15(2)6-8-17/h5-13H,4,14H2,1-3H3,(H2,22,23,24,25). The highest BCUT2D eigenvalue weighted by Gasteiger charge is 2.04. The second-order valence-corrected chi connectivity index (χ2v) is 6.14. The van der Waals surface area contributed by atoms with E-state index in [9.17, 15) is 0 Å². The molecule has 1 heterocycles. The molecule has 0 fully saturated rings. The first-order valence-electron chi connectivity index (χ1n) is 8.77. The zero-order chi connectivity index (χ0) is 18.4. The molecule has 3 rings (SSSR count). The van der Waals surface area contributed by atoms with Crippen LogP contribution in [-0.4, -0.2) is 16.6 Å². The molecule has 0 saturated carbocycles. The van der Waals surface area contributed by atoms with E-state index in [1.165, 1.54) is 11.1 Å². The van der Waals surface area contributed by atoms with Gasteiger partial charge in [0.2, 0.25) is 5.95 Å². The predicted molar refractivity (Wildman–Crippen MR) is 106 cm³/mol. The van der Waals surface area contributed by atoms with Gasteiger partial charge in [-0.25, -0.2) is 4.98 Å². The molecule has 5 nitrogen and oxygen atoms in total. The molecule has 0 bridgehead atoms. The number of benzene rings is 2. The maximum atomic E-state index is 5.47. The highest BCUT2D eigenvalue weighted by Crippen LogP contribution is 2.20. The number of hydrogen-bond acceptors (Lipinski definition) is 5. The van der Waals surface area contributed by atoms with Gasteiger partial charge in [0.1, 0.15) is 11.6 Å². The van der Waals surface area contributed by atoms with Gasteiger partial charge in [-0.2, -0.15) is 4.98 Å². The zero-order valence-corrected chi connectivity index (χ0v) is 15.4. The lowest BCUT2D eigenvalue weighted by atomic mass is 10.1. The van der Waals surface area contributed by atoms with E-state index in [0.29, 0.717) is 19.1 Å². The molecule has 1 aromatic heterocycles. The first-order valence-corrected chi connectivity index (χ1v) is 8.77. The van der Waals surface area contributed by atoms with Crippen molar-refractivity contribution in [3.63, 3.8) is 0 Å². The third-order valence-electron chi connectivity index (χ3n) is 3.86. The summed E-state index contributed by atoms with van der Waals surface area (Å²) in [4.78, 5) is 9.02. The van der Waals surface area contributed by atoms with Crippen LogP contribution in [0.3, 0.4) is 0 Å². The first kappa shape index (κ1) is 17.7. The van der Waals surface area contributed by atoms with Crippen molar-refractivity contribution < 1.29 is 4.74 Å². The van der Waals surface area contributed by atoms with Crippen molar-refractivity contribution in [3.8, 4) is 5.75 Å². The molecular weight excluding hydrogens is 324 g/mol. The summed E-state index contributed by atoms with van der Waals surface area (Å²) in [5.74, 6) is 2.23. The van der Waals surface area contributed by atoms with E-state index < -0.39 is 0 Å². The molecule has 5 heteroatoms. The molecule has 0 atom stereocenters. The smallest absolute Gasteiger partial charge is 0.225 e. The molecular formula is C21H24N4O. The summed E-state index contributed by atoms with van der Waals surface area (Å²) in [6.45, 7) is 7.36. The van der Waals surface area contributed by atoms with E-state index in [-0.39, 0.29) is 0 Å². The number of hydrogen-bond donors (Lipinski definition) is 2. The number of aromatic nitrogens is 2. The Hall–Kier alpha value is -3.08. The largest absolute Gasteiger partial charge is 0.494 e. The fraction of sp³-hybridized carbons (Fsp3) is 0.238. The number of rotatable bonds is 7. The van der Waals surface area contributed by atoms with Crippen LogP contribution >= 0.6 is 0 Å². The average Bonchev–Trinajstić information content (AvgIpc) is 2.63. The average molecular weight is 348 g/mol. The molecule has 0 aliphatic rings. The Morgan fingerprint density at radius 3 is 2.35 bits per heavy atom. The van der Waals surface area contributed by atoms with Crippen molar-refractivity contribution in [2.75, 3.05) is 17.2 Å². The van der Waals surface area contributed by atoms with Gasteiger partial charge in [-0.1, -0.05) is 29.8 Å². The molecule has 2 N–H and O–H groups in total. The molecule has 134 valence electrons. The van der Waals surface area contributed by atoms with Gasteiger partial charge in [-0.3, -0.25) is 0 Å². The Bertz CT molecular complexity index is 845. The lowest BCUT2D eigenvalue weighted by molar-refractivity contribution is 0.340. The highest BCUT2D eigenvalue weighted by molar-refractivity contribution is 5.58. The topological polar surface area (TPSA) is 59.1 Å². The quantitative estimate of drug-likeness (QED) is 0.639. The third kappa shape index (κ3) is 4.96. The maximum absolute atomic E-state index is 5.47. The molecule has 2 aromatic carbocycles. The fourth-order valence-electron chi connectivity index (χ4n) is 2.55. The molecule has 0 unspecified atom stereocenters. The summed E-state index contributed by atoms with van der Waals surface area (Å²) >= 11 is 0. The molecule has 0 saturated heterocycles. The SMILES string of the molecule is CCOc1ccc(Nc2cc(C)nc(NCc3ccc(C)cc3)n2)cc1. The minimum atomic E-state index is 0.610. The van der Waals surface area contributed by atoms with E-state index in [1.807, 2.05) is 44.2 Å². The van der Waals surface area contributed by atoms with E-state index in [1.54, 1.807) is 0 Å². The van der Waals surface area contributed by atoms with Crippen LogP contribution in [0.15, 0.2) is 54.6 Å². The summed E-state index contributed by atoms with van der Waals surface area (Å²) in [6, 6.07) is 18.2. The first-order chi connectivity index (χ1) is 12.6. The Balaban J connectivity index is 1.67. The molecule has 0 aliphatic carbocycles. The van der Waals surface area contributed by atoms with E-state index >= 15 is 0 Å². The zero-order valence-electron chi connectivity index (χ0n) is 15.4. The maximum Gasteiger partial charge on any atom is 0.225 e. The highest BCUT2D eigenvalue weighted by atomic mass is 16.5. The molecule has 0 radical (unpaired) electrons. The fourth-order valence-corrected chi connectivity index (χ4v) is 2.55. The monoisotopic (exact) mass is 348 g/mol. The van der Waals surface area contributed by atoms with Crippen LogP contribution in [0.2, 0.25) is 0 Å². The lowest BCUT2D eigenvalue weighted by Crippen LogP contribution is -2.06. The Morgan fingerprint density at radius 1 is 0.923 bits per heavy atom. The number of ether oxygens (including phenoxy) is 1. The van der Waals surface area contributed by atoms with Crippen molar-refractivity contribution in [1.82, 2.24) is 9.97 Å². The van der Waals surface area contributed by atoms with E-state index in [0.717, 1.165) is 22.9 Å². The number of anilines is 3. The van der Waals surface area contributed by atoms with Crippen molar-refractivity contribution in [2.24, 2.45) is 0 Å². The van der Waals surface area contributed by atoms with Gasteiger partial charge >= 0.3 is 0 Å². The Morgan fingerprint density at radius 2 is 1.65 bits per heavy atom. The van der Waals surface area contributed by atoms with Crippen LogP contribution in [0.25, 0.3) is 0 Å². The minimum Gasteiger partial charge on any atom is -0.494 e. The number of aryl methyl sites for hydroxylation is 2. The lowest BCUT2D eigenvalue weighted by Gasteiger charge is -2.11. The summed E-state index contributed by atoms with van der Waals surface area (Å²) in [5, 5.41) is 6.60. The number of nitrogens with zero attached hydrogens (tertiary/aromatic N) is 2. The second-order valence-electron chi connectivity index (χ2n) is 6.14. The Kier molecular flexibility index (Phi) is 5.69. The van der Waals surface area contributed by atoms with Gasteiger partial charge in [0.15, 0.2) is 0 Å². The van der Waals surface area contributed by atoms with Gasteiger partial charge in [-0.15, -0.1) is 0 Å². The van der Waals surface area contributed by atoms with Gasteiger partial charge in [0.05, 0.1) is 6.61 Å². The van der Waals surface area contributed by atoms with Crippen LogP contribution < -0.4 is 15.4 Å². The summed E-state index contributed by atoms with van der Waals surface area (Å²) in [6.07, 6.45) is 0. The van der Waals surface area contributed by atoms with Crippen LogP contribution in [0, 0.1) is 13.8 Å². The summed E-state index contributed by atoms with van der Waals surface area (Å²) < 4.78 is 5.47. The third-order valence-corrected chi connectivity index (χ3v) is 3.86. The molecule has 0 amide bonds. The Labute approximate surface area is 154 Å². The van der Waals surface area contributed by atoms with Crippen molar-refractivity contribution in [1.29, 1.82) is 0 Å². The van der Waals surface area contributed by atoms with Gasteiger partial charge < -0.3 is 15.4 Å². The summed E-state index contributed by atoms with van der Waals surface area (Å²) in [7, 11) is 0. The normalized spacial score (nSPS) is 10.4. The van der Waals surface area contributed by atoms with Crippen LogP contribution in [0.5, 0.6) is 5.75 Å². The second kappa shape index (κ2) is 8.34. The molecule has 0 spiro atoms. The van der Waals surface area contributed by atoms with Crippen molar-refractivity contribution in [3.05, 3.63) is 71.4 Å². The van der Waals surface area contributed by atoms with Crippen molar-refractivity contribution >= 4 is 17.5 Å². The molecule has 0 aliphatic heterocycles. The van der Waals surface area contributed by atoms with E-state index in [4.69, 9.17) is 4.74 Å². The van der Waals surface area contributed by atoms with Crippen molar-refractivity contribution in [2.45, 2.75) is 27.3 Å². The minimum absolute atomic E-state index is 0.610. The van der Waals surface area contributed by atoms with Gasteiger partial charge in [-0.05, 0) is 50.6 Å². The summed E-state index contributed by atoms with van der Waals surface area (Å²) in [5.41, 5.74) is 4.31.